The van der Waals surface area contributed by atoms with E-state index >= 15 is 0 Å². The summed E-state index contributed by atoms with van der Waals surface area (Å²) in [5.74, 6) is 2.44. The van der Waals surface area contributed by atoms with E-state index in [-0.39, 0.29) is 11.8 Å². The van der Waals surface area contributed by atoms with Crippen LogP contribution in [0.25, 0.3) is 0 Å². The lowest BCUT2D eigenvalue weighted by atomic mass is 9.93. The number of benzene rings is 1. The van der Waals surface area contributed by atoms with E-state index in [1.54, 1.807) is 0 Å². The Morgan fingerprint density at radius 3 is 2.62 bits per heavy atom. The Labute approximate surface area is 143 Å². The van der Waals surface area contributed by atoms with Crippen molar-refractivity contribution in [1.82, 2.24) is 15.0 Å². The van der Waals surface area contributed by atoms with Crippen LogP contribution < -0.4 is 0 Å². The minimum Gasteiger partial charge on any atom is -0.339 e. The maximum absolute atomic E-state index is 12.6. The molecule has 1 aromatic heterocycles. The molecule has 0 unspecified atom stereocenters. The molecule has 0 radical (unpaired) electrons. The lowest BCUT2D eigenvalue weighted by molar-refractivity contribution is 0.0686. The Bertz CT molecular complexity index is 700. The van der Waals surface area contributed by atoms with E-state index in [0.717, 1.165) is 55.2 Å². The van der Waals surface area contributed by atoms with E-state index in [2.05, 4.69) is 24.0 Å². The molecule has 5 nitrogen and oxygen atoms in total. The SMILES string of the molecule is Cc1ccccc1C(=O)N1CCC(Cc2nc(C(C)C)no2)CC1. The third-order valence-corrected chi connectivity index (χ3v) is 4.74. The molecule has 0 spiro atoms. The first-order valence-electron chi connectivity index (χ1n) is 8.72. The Morgan fingerprint density at radius 2 is 2.00 bits per heavy atom. The maximum atomic E-state index is 12.6. The summed E-state index contributed by atoms with van der Waals surface area (Å²) in [7, 11) is 0. The van der Waals surface area contributed by atoms with Crippen LogP contribution in [-0.4, -0.2) is 34.0 Å². The normalized spacial score (nSPS) is 15.9. The number of aromatic nitrogens is 2. The molecule has 1 fully saturated rings. The van der Waals surface area contributed by atoms with Crippen molar-refractivity contribution in [3.63, 3.8) is 0 Å². The highest BCUT2D eigenvalue weighted by molar-refractivity contribution is 5.95. The Hall–Kier alpha value is -2.17. The Balaban J connectivity index is 1.55. The highest BCUT2D eigenvalue weighted by Crippen LogP contribution is 2.23. The second kappa shape index (κ2) is 7.16. The van der Waals surface area contributed by atoms with E-state index in [0.29, 0.717) is 5.92 Å². The number of amides is 1. The Morgan fingerprint density at radius 1 is 1.29 bits per heavy atom. The van der Waals surface area contributed by atoms with Crippen LogP contribution in [0.5, 0.6) is 0 Å². The van der Waals surface area contributed by atoms with E-state index in [4.69, 9.17) is 4.52 Å². The van der Waals surface area contributed by atoms with Crippen molar-refractivity contribution in [2.24, 2.45) is 5.92 Å². The lowest BCUT2D eigenvalue weighted by Gasteiger charge is -2.31. The van der Waals surface area contributed by atoms with Gasteiger partial charge in [-0.25, -0.2) is 0 Å². The summed E-state index contributed by atoms with van der Waals surface area (Å²) in [5.41, 5.74) is 1.85. The van der Waals surface area contributed by atoms with Crippen molar-refractivity contribution in [2.45, 2.75) is 46.0 Å². The minimum absolute atomic E-state index is 0.145. The van der Waals surface area contributed by atoms with Crippen molar-refractivity contribution in [3.8, 4) is 0 Å². The fourth-order valence-corrected chi connectivity index (χ4v) is 3.16. The van der Waals surface area contributed by atoms with Crippen molar-refractivity contribution in [1.29, 1.82) is 0 Å². The molecule has 0 aliphatic carbocycles. The highest BCUT2D eigenvalue weighted by Gasteiger charge is 2.25. The van der Waals surface area contributed by atoms with Crippen LogP contribution in [0.2, 0.25) is 0 Å². The predicted molar refractivity (Wildman–Crippen MR) is 91.9 cm³/mol. The molecular weight excluding hydrogens is 302 g/mol. The Kier molecular flexibility index (Phi) is 4.97. The van der Waals surface area contributed by atoms with Crippen LogP contribution >= 0.6 is 0 Å². The largest absolute Gasteiger partial charge is 0.339 e. The molecule has 1 aromatic carbocycles. The summed E-state index contributed by atoms with van der Waals surface area (Å²) in [5, 5.41) is 4.02. The van der Waals surface area contributed by atoms with Gasteiger partial charge in [-0.3, -0.25) is 4.79 Å². The molecule has 128 valence electrons. The van der Waals surface area contributed by atoms with Crippen molar-refractivity contribution in [3.05, 3.63) is 47.1 Å². The van der Waals surface area contributed by atoms with Gasteiger partial charge in [0.1, 0.15) is 0 Å². The fraction of sp³-hybridized carbons (Fsp3) is 0.526. The molecule has 1 saturated heterocycles. The zero-order valence-electron chi connectivity index (χ0n) is 14.7. The molecule has 0 N–H and O–H groups in total. The molecule has 3 rings (SSSR count). The quantitative estimate of drug-likeness (QED) is 0.861. The molecule has 0 atom stereocenters. The molecular formula is C19H25N3O2. The number of aryl methyl sites for hydroxylation is 1. The van der Waals surface area contributed by atoms with Crippen LogP contribution in [0.1, 0.15) is 60.2 Å². The molecule has 24 heavy (non-hydrogen) atoms. The maximum Gasteiger partial charge on any atom is 0.254 e. The third-order valence-electron chi connectivity index (χ3n) is 4.74. The first kappa shape index (κ1) is 16.7. The van der Waals surface area contributed by atoms with Crippen molar-refractivity contribution >= 4 is 5.91 Å². The van der Waals surface area contributed by atoms with Crippen LogP contribution in [0.3, 0.4) is 0 Å². The average Bonchev–Trinajstić information content (AvgIpc) is 3.04. The highest BCUT2D eigenvalue weighted by atomic mass is 16.5. The van der Waals surface area contributed by atoms with Gasteiger partial charge in [0, 0.05) is 31.0 Å². The molecule has 1 amide bonds. The topological polar surface area (TPSA) is 59.2 Å². The zero-order valence-corrected chi connectivity index (χ0v) is 14.7. The number of likely N-dealkylation sites (tertiary alicyclic amines) is 1. The molecule has 2 aromatic rings. The first-order chi connectivity index (χ1) is 11.5. The monoisotopic (exact) mass is 327 g/mol. The summed E-state index contributed by atoms with van der Waals surface area (Å²) in [6.07, 6.45) is 2.78. The van der Waals surface area contributed by atoms with Gasteiger partial charge in [-0.05, 0) is 37.3 Å². The molecule has 1 aliphatic rings. The minimum atomic E-state index is 0.145. The van der Waals surface area contributed by atoms with E-state index in [1.165, 1.54) is 0 Å². The smallest absolute Gasteiger partial charge is 0.254 e. The number of rotatable bonds is 4. The number of carbonyl (C=O) groups excluding carboxylic acids is 1. The summed E-state index contributed by atoms with van der Waals surface area (Å²) in [6.45, 7) is 7.70. The van der Waals surface area contributed by atoms with Gasteiger partial charge < -0.3 is 9.42 Å². The van der Waals surface area contributed by atoms with Gasteiger partial charge in [-0.2, -0.15) is 4.98 Å². The molecule has 1 aliphatic heterocycles. The van der Waals surface area contributed by atoms with Crippen LogP contribution in [0, 0.1) is 12.8 Å². The predicted octanol–water partition coefficient (Wildman–Crippen LogP) is 3.60. The van der Waals surface area contributed by atoms with Crippen molar-refractivity contribution < 1.29 is 9.32 Å². The second-order valence-corrected chi connectivity index (χ2v) is 6.96. The number of hydrogen-bond acceptors (Lipinski definition) is 4. The van der Waals surface area contributed by atoms with E-state index in [9.17, 15) is 4.79 Å². The molecule has 2 heterocycles. The molecule has 0 bridgehead atoms. The fourth-order valence-electron chi connectivity index (χ4n) is 3.16. The second-order valence-electron chi connectivity index (χ2n) is 6.96. The van der Waals surface area contributed by atoms with Gasteiger partial charge in [0.2, 0.25) is 5.89 Å². The van der Waals surface area contributed by atoms with Gasteiger partial charge in [-0.1, -0.05) is 37.2 Å². The number of carbonyl (C=O) groups is 1. The number of nitrogens with zero attached hydrogens (tertiary/aromatic N) is 3. The van der Waals surface area contributed by atoms with Crippen LogP contribution in [0.4, 0.5) is 0 Å². The van der Waals surface area contributed by atoms with Gasteiger partial charge in [-0.15, -0.1) is 0 Å². The first-order valence-corrected chi connectivity index (χ1v) is 8.72. The summed E-state index contributed by atoms with van der Waals surface area (Å²) in [4.78, 5) is 19.1. The summed E-state index contributed by atoms with van der Waals surface area (Å²) >= 11 is 0. The summed E-state index contributed by atoms with van der Waals surface area (Å²) in [6, 6.07) is 7.79. The van der Waals surface area contributed by atoms with Gasteiger partial charge >= 0.3 is 0 Å². The van der Waals surface area contributed by atoms with Gasteiger partial charge in [0.15, 0.2) is 5.82 Å². The third kappa shape index (κ3) is 3.66. The zero-order chi connectivity index (χ0) is 17.1. The number of piperidine rings is 1. The average molecular weight is 327 g/mol. The summed E-state index contributed by atoms with van der Waals surface area (Å²) < 4.78 is 5.35. The lowest BCUT2D eigenvalue weighted by Crippen LogP contribution is -2.39. The van der Waals surface area contributed by atoms with E-state index < -0.39 is 0 Å². The number of hydrogen-bond donors (Lipinski definition) is 0. The standard InChI is InChI=1S/C19H25N3O2/c1-13(2)18-20-17(24-21-18)12-15-8-10-22(11-9-15)19(23)16-7-5-4-6-14(16)3/h4-7,13,15H,8-12H2,1-3H3. The van der Waals surface area contributed by atoms with Gasteiger partial charge in [0.25, 0.3) is 5.91 Å². The van der Waals surface area contributed by atoms with Crippen LogP contribution in [0.15, 0.2) is 28.8 Å². The van der Waals surface area contributed by atoms with Crippen molar-refractivity contribution in [2.75, 3.05) is 13.1 Å². The van der Waals surface area contributed by atoms with Gasteiger partial charge in [0.05, 0.1) is 0 Å². The molecule has 0 saturated carbocycles. The van der Waals surface area contributed by atoms with E-state index in [1.807, 2.05) is 36.1 Å². The van der Waals surface area contributed by atoms with Crippen LogP contribution in [-0.2, 0) is 6.42 Å². The molecule has 5 heteroatoms.